The van der Waals surface area contributed by atoms with Gasteiger partial charge in [0.05, 0.1) is 17.9 Å². The summed E-state index contributed by atoms with van der Waals surface area (Å²) in [6, 6.07) is 8.26. The third-order valence-electron chi connectivity index (χ3n) is 4.94. The Bertz CT molecular complexity index is 705. The van der Waals surface area contributed by atoms with E-state index in [1.165, 1.54) is 11.1 Å². The fourth-order valence-corrected chi connectivity index (χ4v) is 3.39. The van der Waals surface area contributed by atoms with Crippen LogP contribution in [0.3, 0.4) is 0 Å². The van der Waals surface area contributed by atoms with E-state index in [0.29, 0.717) is 19.4 Å². The SMILES string of the molecule is O=C(O)C1(Cn2nnnc2C2Cc3ccccc32)CCC1. The van der Waals surface area contributed by atoms with E-state index in [0.717, 1.165) is 18.7 Å². The third-order valence-corrected chi connectivity index (χ3v) is 4.94. The highest BCUT2D eigenvalue weighted by Crippen LogP contribution is 2.44. The average Bonchev–Trinajstić information content (AvgIpc) is 2.83. The second-order valence-corrected chi connectivity index (χ2v) is 6.09. The van der Waals surface area contributed by atoms with Crippen LogP contribution < -0.4 is 0 Å². The van der Waals surface area contributed by atoms with E-state index in [4.69, 9.17) is 0 Å². The number of benzene rings is 1. The molecule has 1 aromatic heterocycles. The van der Waals surface area contributed by atoms with Crippen molar-refractivity contribution in [3.8, 4) is 0 Å². The molecule has 1 heterocycles. The van der Waals surface area contributed by atoms with E-state index in [9.17, 15) is 9.90 Å². The normalized spacial score (nSPS) is 22.0. The van der Waals surface area contributed by atoms with Crippen molar-refractivity contribution in [2.45, 2.75) is 38.1 Å². The number of carbonyl (C=O) groups is 1. The van der Waals surface area contributed by atoms with Crippen LogP contribution in [-0.4, -0.2) is 31.3 Å². The number of carboxylic acid groups (broad SMARTS) is 1. The maximum atomic E-state index is 11.5. The molecule has 0 bridgehead atoms. The molecule has 0 amide bonds. The summed E-state index contributed by atoms with van der Waals surface area (Å²) in [5.41, 5.74) is 1.91. The molecular formula is C15H16N4O2. The summed E-state index contributed by atoms with van der Waals surface area (Å²) in [6.07, 6.45) is 3.32. The molecule has 1 atom stereocenters. The quantitative estimate of drug-likeness (QED) is 0.922. The van der Waals surface area contributed by atoms with Crippen molar-refractivity contribution in [2.24, 2.45) is 5.41 Å². The Labute approximate surface area is 121 Å². The number of nitrogens with zero attached hydrogens (tertiary/aromatic N) is 4. The summed E-state index contributed by atoms with van der Waals surface area (Å²) in [5, 5.41) is 21.4. The number of hydrogen-bond acceptors (Lipinski definition) is 4. The van der Waals surface area contributed by atoms with E-state index >= 15 is 0 Å². The lowest BCUT2D eigenvalue weighted by Gasteiger charge is -2.38. The lowest BCUT2D eigenvalue weighted by molar-refractivity contribution is -0.156. The van der Waals surface area contributed by atoms with Crippen LogP contribution in [0.5, 0.6) is 0 Å². The van der Waals surface area contributed by atoms with Gasteiger partial charge in [-0.2, -0.15) is 0 Å². The van der Waals surface area contributed by atoms with Gasteiger partial charge < -0.3 is 5.11 Å². The first-order valence-electron chi connectivity index (χ1n) is 7.27. The Balaban J connectivity index is 1.62. The minimum atomic E-state index is -0.732. The van der Waals surface area contributed by atoms with Gasteiger partial charge in [-0.25, -0.2) is 4.68 Å². The first-order valence-corrected chi connectivity index (χ1v) is 7.27. The number of aliphatic carboxylic acids is 1. The van der Waals surface area contributed by atoms with Gasteiger partial charge in [-0.1, -0.05) is 30.7 Å². The van der Waals surface area contributed by atoms with Crippen molar-refractivity contribution in [1.82, 2.24) is 20.2 Å². The minimum Gasteiger partial charge on any atom is -0.481 e. The van der Waals surface area contributed by atoms with Gasteiger partial charge in [0.25, 0.3) is 0 Å². The molecule has 6 heteroatoms. The zero-order valence-electron chi connectivity index (χ0n) is 11.6. The van der Waals surface area contributed by atoms with Crippen molar-refractivity contribution >= 4 is 5.97 Å². The molecule has 0 aliphatic heterocycles. The van der Waals surface area contributed by atoms with Gasteiger partial charge in [-0.15, -0.1) is 5.10 Å². The molecule has 1 N–H and O–H groups in total. The van der Waals surface area contributed by atoms with Crippen molar-refractivity contribution in [1.29, 1.82) is 0 Å². The van der Waals surface area contributed by atoms with Crippen LogP contribution in [0.15, 0.2) is 24.3 Å². The Kier molecular flexibility index (Phi) is 2.60. The molecule has 1 saturated carbocycles. The van der Waals surface area contributed by atoms with Crippen LogP contribution in [0, 0.1) is 5.41 Å². The smallest absolute Gasteiger partial charge is 0.311 e. The maximum absolute atomic E-state index is 11.5. The average molecular weight is 284 g/mol. The Morgan fingerprint density at radius 2 is 2.19 bits per heavy atom. The van der Waals surface area contributed by atoms with Crippen molar-refractivity contribution < 1.29 is 9.90 Å². The summed E-state index contributed by atoms with van der Waals surface area (Å²) in [5.74, 6) is 0.257. The second-order valence-electron chi connectivity index (χ2n) is 6.09. The predicted molar refractivity (Wildman–Crippen MR) is 73.7 cm³/mol. The zero-order valence-corrected chi connectivity index (χ0v) is 11.6. The molecule has 2 aliphatic rings. The molecule has 0 radical (unpaired) electrons. The summed E-state index contributed by atoms with van der Waals surface area (Å²) in [6.45, 7) is 0.378. The van der Waals surface area contributed by atoms with E-state index in [1.807, 2.05) is 12.1 Å². The zero-order chi connectivity index (χ0) is 14.4. The Morgan fingerprint density at radius 1 is 1.38 bits per heavy atom. The van der Waals surface area contributed by atoms with Crippen LogP contribution >= 0.6 is 0 Å². The summed E-state index contributed by atoms with van der Waals surface area (Å²) in [4.78, 5) is 11.5. The molecule has 2 aliphatic carbocycles. The summed E-state index contributed by atoms with van der Waals surface area (Å²) >= 11 is 0. The Hall–Kier alpha value is -2.24. The summed E-state index contributed by atoms with van der Waals surface area (Å²) in [7, 11) is 0. The highest BCUT2D eigenvalue weighted by Gasteiger charge is 2.46. The first kappa shape index (κ1) is 12.5. The predicted octanol–water partition coefficient (Wildman–Crippen LogP) is 1.62. The highest BCUT2D eigenvalue weighted by atomic mass is 16.4. The molecule has 0 saturated heterocycles. The number of rotatable bonds is 4. The van der Waals surface area contributed by atoms with Gasteiger partial charge in [0, 0.05) is 0 Å². The second kappa shape index (κ2) is 4.38. The fraction of sp³-hybridized carbons (Fsp3) is 0.467. The Morgan fingerprint density at radius 3 is 2.86 bits per heavy atom. The lowest BCUT2D eigenvalue weighted by atomic mass is 9.68. The fourth-order valence-electron chi connectivity index (χ4n) is 3.39. The van der Waals surface area contributed by atoms with Gasteiger partial charge >= 0.3 is 5.97 Å². The topological polar surface area (TPSA) is 80.9 Å². The molecule has 0 spiro atoms. The van der Waals surface area contributed by atoms with Crippen LogP contribution in [0.4, 0.5) is 0 Å². The number of fused-ring (bicyclic) bond motifs is 1. The lowest BCUT2D eigenvalue weighted by Crippen LogP contribution is -2.42. The van der Waals surface area contributed by atoms with Gasteiger partial charge in [-0.3, -0.25) is 4.79 Å². The molecule has 4 rings (SSSR count). The van der Waals surface area contributed by atoms with Gasteiger partial charge in [0.2, 0.25) is 0 Å². The number of aromatic nitrogens is 4. The van der Waals surface area contributed by atoms with Crippen molar-refractivity contribution in [2.75, 3.05) is 0 Å². The number of hydrogen-bond donors (Lipinski definition) is 1. The van der Waals surface area contributed by atoms with E-state index in [2.05, 4.69) is 27.7 Å². The van der Waals surface area contributed by atoms with Gasteiger partial charge in [0.1, 0.15) is 0 Å². The summed E-state index contributed by atoms with van der Waals surface area (Å²) < 4.78 is 1.70. The van der Waals surface area contributed by atoms with Gasteiger partial charge in [0.15, 0.2) is 5.82 Å². The van der Waals surface area contributed by atoms with Crippen LogP contribution in [0.1, 0.15) is 42.1 Å². The maximum Gasteiger partial charge on any atom is 0.311 e. The van der Waals surface area contributed by atoms with E-state index in [-0.39, 0.29) is 5.92 Å². The molecule has 21 heavy (non-hydrogen) atoms. The molecule has 108 valence electrons. The van der Waals surface area contributed by atoms with Crippen LogP contribution in [-0.2, 0) is 17.8 Å². The number of carboxylic acids is 1. The monoisotopic (exact) mass is 284 g/mol. The highest BCUT2D eigenvalue weighted by molar-refractivity contribution is 5.75. The molecule has 1 unspecified atom stereocenters. The standard InChI is InChI=1S/C15H16N4O2/c20-14(21)15(6-3-7-15)9-19-13(16-17-18-19)12-8-10-4-1-2-5-11(10)12/h1-2,4-5,12H,3,6-9H2,(H,20,21). The largest absolute Gasteiger partial charge is 0.481 e. The van der Waals surface area contributed by atoms with E-state index < -0.39 is 11.4 Å². The molecule has 1 fully saturated rings. The molecule has 6 nitrogen and oxygen atoms in total. The van der Waals surface area contributed by atoms with Gasteiger partial charge in [-0.05, 0) is 40.8 Å². The van der Waals surface area contributed by atoms with Crippen molar-refractivity contribution in [3.63, 3.8) is 0 Å². The van der Waals surface area contributed by atoms with Crippen LogP contribution in [0.2, 0.25) is 0 Å². The molecule has 1 aromatic carbocycles. The molecule has 2 aromatic rings. The van der Waals surface area contributed by atoms with E-state index in [1.54, 1.807) is 4.68 Å². The van der Waals surface area contributed by atoms with Crippen molar-refractivity contribution in [3.05, 3.63) is 41.2 Å². The number of tetrazole rings is 1. The molecular weight excluding hydrogens is 268 g/mol. The van der Waals surface area contributed by atoms with Crippen LogP contribution in [0.25, 0.3) is 0 Å². The minimum absolute atomic E-state index is 0.196. The third kappa shape index (κ3) is 1.78. The first-order chi connectivity index (χ1) is 10.2.